The second kappa shape index (κ2) is 7.64. The summed E-state index contributed by atoms with van der Waals surface area (Å²) in [5.41, 5.74) is -1.26. The number of fused-ring (bicyclic) bond motifs is 2. The van der Waals surface area contributed by atoms with Crippen molar-refractivity contribution >= 4 is 11.7 Å². The summed E-state index contributed by atoms with van der Waals surface area (Å²) in [7, 11) is 0. The maximum atomic E-state index is 13.8. The number of aromatic nitrogens is 1. The molecule has 0 bridgehead atoms. The predicted octanol–water partition coefficient (Wildman–Crippen LogP) is 2.24. The number of hydrogen-bond acceptors (Lipinski definition) is 5. The Hall–Kier alpha value is -3.07. The highest BCUT2D eigenvalue weighted by Crippen LogP contribution is 2.29. The van der Waals surface area contributed by atoms with Crippen molar-refractivity contribution in [2.75, 3.05) is 6.61 Å². The van der Waals surface area contributed by atoms with Gasteiger partial charge in [-0.1, -0.05) is 6.07 Å². The lowest BCUT2D eigenvalue weighted by Crippen LogP contribution is -2.57. The lowest BCUT2D eigenvalue weighted by Gasteiger charge is -2.44. The fourth-order valence-electron chi connectivity index (χ4n) is 3.96. The van der Waals surface area contributed by atoms with Crippen LogP contribution in [0.4, 0.5) is 8.78 Å². The lowest BCUT2D eigenvalue weighted by molar-refractivity contribution is -0.112. The molecule has 1 N–H and O–H groups in total. The Bertz CT molecular complexity index is 1100. The van der Waals surface area contributed by atoms with Gasteiger partial charge in [-0.3, -0.25) is 14.4 Å². The average molecular weight is 418 g/mol. The summed E-state index contributed by atoms with van der Waals surface area (Å²) in [6, 6.07) is 2.95. The number of halogens is 2. The highest BCUT2D eigenvalue weighted by Gasteiger charge is 2.40. The molecule has 0 aliphatic carbocycles. The summed E-state index contributed by atoms with van der Waals surface area (Å²) < 4.78 is 33.8. The van der Waals surface area contributed by atoms with E-state index in [4.69, 9.17) is 4.74 Å². The number of ether oxygens (including phenoxy) is 1. The Morgan fingerprint density at radius 2 is 2.07 bits per heavy atom. The molecule has 1 unspecified atom stereocenters. The van der Waals surface area contributed by atoms with Crippen molar-refractivity contribution in [3.8, 4) is 5.75 Å². The monoisotopic (exact) mass is 418 g/mol. The standard InChI is InChI=1S/C21H20F2N2O5/c1-11-6-7-30-17-10-24-9-14(19(27)20(28)18(24)21(29)25(11)17)16(26)5-3-12-2-4-13(22)8-15(12)23/h2,4,8-9,11,17,28H,3,5-7,10H2,1H3/t11-,17?/m1/s1. The van der Waals surface area contributed by atoms with Crippen LogP contribution in [-0.2, 0) is 17.7 Å². The summed E-state index contributed by atoms with van der Waals surface area (Å²) in [5.74, 6) is -3.42. The van der Waals surface area contributed by atoms with Gasteiger partial charge in [0.05, 0.1) is 18.7 Å². The first kappa shape index (κ1) is 20.2. The van der Waals surface area contributed by atoms with E-state index in [1.165, 1.54) is 21.7 Å². The molecule has 1 fully saturated rings. The van der Waals surface area contributed by atoms with Crippen molar-refractivity contribution in [3.63, 3.8) is 0 Å². The molecule has 4 rings (SSSR count). The molecular formula is C21H20F2N2O5. The van der Waals surface area contributed by atoms with E-state index in [1.54, 1.807) is 0 Å². The van der Waals surface area contributed by atoms with Gasteiger partial charge in [-0.05, 0) is 31.4 Å². The second-order valence-corrected chi connectivity index (χ2v) is 7.56. The number of rotatable bonds is 4. The van der Waals surface area contributed by atoms with Crippen molar-refractivity contribution in [3.05, 3.63) is 63.1 Å². The number of Topliss-reactive ketones (excluding diaryl/α,β-unsaturated/α-hetero) is 1. The first-order chi connectivity index (χ1) is 14.3. The topological polar surface area (TPSA) is 88.8 Å². The van der Waals surface area contributed by atoms with E-state index < -0.39 is 40.7 Å². The molecule has 3 heterocycles. The van der Waals surface area contributed by atoms with Gasteiger partial charge < -0.3 is 19.3 Å². The smallest absolute Gasteiger partial charge is 0.276 e. The third kappa shape index (κ3) is 3.39. The normalized spacial score (nSPS) is 20.6. The zero-order valence-electron chi connectivity index (χ0n) is 16.2. The van der Waals surface area contributed by atoms with Crippen LogP contribution >= 0.6 is 0 Å². The number of aromatic hydroxyl groups is 1. The molecule has 2 aliphatic rings. The summed E-state index contributed by atoms with van der Waals surface area (Å²) in [6.45, 7) is 2.52. The van der Waals surface area contributed by atoms with E-state index in [0.29, 0.717) is 13.0 Å². The number of benzene rings is 1. The maximum Gasteiger partial charge on any atom is 0.276 e. The molecule has 1 saturated heterocycles. The van der Waals surface area contributed by atoms with E-state index in [-0.39, 0.29) is 42.2 Å². The first-order valence-corrected chi connectivity index (χ1v) is 9.65. The third-order valence-electron chi connectivity index (χ3n) is 5.61. The molecule has 2 aliphatic heterocycles. The Labute approximate surface area is 170 Å². The SMILES string of the molecule is C[C@@H]1CCOC2Cn3cc(C(=O)CCc4ccc(F)cc4F)c(=O)c(O)c3C(=O)N21. The largest absolute Gasteiger partial charge is 0.503 e. The fourth-order valence-corrected chi connectivity index (χ4v) is 3.96. The minimum absolute atomic E-state index is 0.0388. The highest BCUT2D eigenvalue weighted by molar-refractivity contribution is 6.00. The van der Waals surface area contributed by atoms with Gasteiger partial charge in [0.1, 0.15) is 11.6 Å². The van der Waals surface area contributed by atoms with Crippen molar-refractivity contribution < 1.29 is 28.2 Å². The van der Waals surface area contributed by atoms with Gasteiger partial charge in [0.25, 0.3) is 5.91 Å². The molecule has 9 heteroatoms. The molecule has 7 nitrogen and oxygen atoms in total. The molecule has 0 spiro atoms. The zero-order chi connectivity index (χ0) is 21.6. The quantitative estimate of drug-likeness (QED) is 0.770. The number of amides is 1. The Morgan fingerprint density at radius 1 is 1.30 bits per heavy atom. The number of pyridine rings is 1. The second-order valence-electron chi connectivity index (χ2n) is 7.56. The van der Waals surface area contributed by atoms with Gasteiger partial charge in [0.15, 0.2) is 23.5 Å². The molecular weight excluding hydrogens is 398 g/mol. The molecule has 158 valence electrons. The maximum absolute atomic E-state index is 13.8. The molecule has 0 radical (unpaired) electrons. The zero-order valence-corrected chi connectivity index (χ0v) is 16.2. The molecule has 30 heavy (non-hydrogen) atoms. The minimum atomic E-state index is -0.941. The van der Waals surface area contributed by atoms with Gasteiger partial charge in [0.2, 0.25) is 5.43 Å². The summed E-state index contributed by atoms with van der Waals surface area (Å²) in [6.07, 6.45) is 1.09. The Balaban J connectivity index is 1.63. The Kier molecular flexibility index (Phi) is 5.15. The average Bonchev–Trinajstić information content (AvgIpc) is 2.69. The number of aryl methyl sites for hydroxylation is 1. The Morgan fingerprint density at radius 3 is 2.80 bits per heavy atom. The van der Waals surface area contributed by atoms with E-state index >= 15 is 0 Å². The van der Waals surface area contributed by atoms with Crippen molar-refractivity contribution in [1.29, 1.82) is 0 Å². The van der Waals surface area contributed by atoms with E-state index in [1.807, 2.05) is 6.92 Å². The van der Waals surface area contributed by atoms with E-state index in [9.17, 15) is 28.3 Å². The fraction of sp³-hybridized carbons (Fsp3) is 0.381. The molecule has 0 saturated carbocycles. The number of carbonyl (C=O) groups is 2. The van der Waals surface area contributed by atoms with Crippen LogP contribution in [0.5, 0.6) is 5.75 Å². The molecule has 1 amide bonds. The summed E-state index contributed by atoms with van der Waals surface area (Å²) >= 11 is 0. The van der Waals surface area contributed by atoms with Gasteiger partial charge in [-0.15, -0.1) is 0 Å². The van der Waals surface area contributed by atoms with Gasteiger partial charge in [-0.2, -0.15) is 0 Å². The van der Waals surface area contributed by atoms with Gasteiger partial charge >= 0.3 is 0 Å². The summed E-state index contributed by atoms with van der Waals surface area (Å²) in [5, 5.41) is 10.4. The molecule has 2 aromatic rings. The van der Waals surface area contributed by atoms with Gasteiger partial charge in [-0.25, -0.2) is 8.78 Å². The van der Waals surface area contributed by atoms with Crippen molar-refractivity contribution in [2.45, 2.75) is 45.0 Å². The van der Waals surface area contributed by atoms with Crippen LogP contribution in [0, 0.1) is 11.6 Å². The van der Waals surface area contributed by atoms with Gasteiger partial charge in [0, 0.05) is 24.7 Å². The van der Waals surface area contributed by atoms with Crippen LogP contribution in [0.15, 0.2) is 29.2 Å². The highest BCUT2D eigenvalue weighted by atomic mass is 19.1. The van der Waals surface area contributed by atoms with Crippen LogP contribution in [0.2, 0.25) is 0 Å². The minimum Gasteiger partial charge on any atom is -0.503 e. The van der Waals surface area contributed by atoms with Crippen LogP contribution in [0.3, 0.4) is 0 Å². The van der Waals surface area contributed by atoms with Crippen molar-refractivity contribution in [1.82, 2.24) is 9.47 Å². The predicted molar refractivity (Wildman–Crippen MR) is 101 cm³/mol. The number of nitrogens with zero attached hydrogens (tertiary/aromatic N) is 2. The summed E-state index contributed by atoms with van der Waals surface area (Å²) in [4.78, 5) is 39.6. The molecule has 1 aromatic heterocycles. The van der Waals surface area contributed by atoms with Crippen LogP contribution in [0.25, 0.3) is 0 Å². The van der Waals surface area contributed by atoms with E-state index in [2.05, 4.69) is 0 Å². The van der Waals surface area contributed by atoms with E-state index in [0.717, 1.165) is 12.1 Å². The number of ketones is 1. The lowest BCUT2D eigenvalue weighted by atomic mass is 10.0. The third-order valence-corrected chi connectivity index (χ3v) is 5.61. The van der Waals surface area contributed by atoms with Crippen LogP contribution in [-0.4, -0.2) is 45.1 Å². The van der Waals surface area contributed by atoms with Crippen molar-refractivity contribution in [2.24, 2.45) is 0 Å². The first-order valence-electron chi connectivity index (χ1n) is 9.65. The molecule has 2 atom stereocenters. The van der Waals surface area contributed by atoms with Crippen LogP contribution in [0.1, 0.15) is 46.2 Å². The molecule has 1 aromatic carbocycles. The van der Waals surface area contributed by atoms with Crippen LogP contribution < -0.4 is 5.43 Å². The number of hydrogen-bond donors (Lipinski definition) is 1. The number of carbonyl (C=O) groups excluding carboxylic acids is 2.